The van der Waals surface area contributed by atoms with E-state index in [-0.39, 0.29) is 24.7 Å². The van der Waals surface area contributed by atoms with Crippen LogP contribution in [-0.2, 0) is 4.79 Å². The van der Waals surface area contributed by atoms with E-state index in [1.165, 1.54) is 7.05 Å². The number of aliphatic hydroxyl groups excluding tert-OH is 1. The lowest BCUT2D eigenvalue weighted by atomic mass is 9.93. The van der Waals surface area contributed by atoms with Crippen LogP contribution in [0.2, 0.25) is 0 Å². The number of hydrogen-bond donors (Lipinski definition) is 3. The molecule has 6 heteroatoms. The standard InChI is InChI=1S/C10H18N2O4/c1-12(6-9(14)15)10(16)11-7-2-4-8(13)5-3-7/h7-8,13H,2-6H2,1H3,(H,11,16)(H,14,15). The van der Waals surface area contributed by atoms with Crippen LogP contribution in [0.5, 0.6) is 0 Å². The fraction of sp³-hybridized carbons (Fsp3) is 0.800. The van der Waals surface area contributed by atoms with Crippen LogP contribution in [0, 0.1) is 0 Å². The normalized spacial score (nSPS) is 24.9. The largest absolute Gasteiger partial charge is 0.480 e. The van der Waals surface area contributed by atoms with Gasteiger partial charge in [-0.1, -0.05) is 0 Å². The summed E-state index contributed by atoms with van der Waals surface area (Å²) in [4.78, 5) is 23.0. The smallest absolute Gasteiger partial charge is 0.323 e. The highest BCUT2D eigenvalue weighted by atomic mass is 16.4. The summed E-state index contributed by atoms with van der Waals surface area (Å²) in [5, 5.41) is 20.6. The van der Waals surface area contributed by atoms with E-state index in [2.05, 4.69) is 5.32 Å². The summed E-state index contributed by atoms with van der Waals surface area (Å²) >= 11 is 0. The molecule has 6 nitrogen and oxygen atoms in total. The van der Waals surface area contributed by atoms with E-state index in [9.17, 15) is 14.7 Å². The minimum absolute atomic E-state index is 0.0483. The number of likely N-dealkylation sites (N-methyl/N-ethyl adjacent to an activating group) is 1. The maximum absolute atomic E-state index is 11.5. The first-order valence-corrected chi connectivity index (χ1v) is 5.40. The van der Waals surface area contributed by atoms with Crippen molar-refractivity contribution in [3.8, 4) is 0 Å². The third-order valence-electron chi connectivity index (χ3n) is 2.74. The maximum atomic E-state index is 11.5. The Morgan fingerprint density at radius 3 is 2.38 bits per heavy atom. The van der Waals surface area contributed by atoms with E-state index < -0.39 is 5.97 Å². The number of amides is 2. The molecular weight excluding hydrogens is 212 g/mol. The van der Waals surface area contributed by atoms with E-state index in [1.807, 2.05) is 0 Å². The van der Waals surface area contributed by atoms with E-state index in [0.29, 0.717) is 12.8 Å². The summed E-state index contributed by atoms with van der Waals surface area (Å²) in [6.45, 7) is -0.304. The minimum atomic E-state index is -1.03. The molecule has 0 bridgehead atoms. The minimum Gasteiger partial charge on any atom is -0.480 e. The highest BCUT2D eigenvalue weighted by molar-refractivity contribution is 5.79. The van der Waals surface area contributed by atoms with Gasteiger partial charge in [0.1, 0.15) is 6.54 Å². The summed E-state index contributed by atoms with van der Waals surface area (Å²) < 4.78 is 0. The fourth-order valence-electron chi connectivity index (χ4n) is 1.78. The Bertz CT molecular complexity index is 262. The number of carbonyl (C=O) groups excluding carboxylic acids is 1. The Labute approximate surface area is 94.2 Å². The molecular formula is C10H18N2O4. The van der Waals surface area contributed by atoms with Crippen molar-refractivity contribution in [2.75, 3.05) is 13.6 Å². The van der Waals surface area contributed by atoms with E-state index in [4.69, 9.17) is 5.11 Å². The molecule has 1 fully saturated rings. The van der Waals surface area contributed by atoms with E-state index in [1.54, 1.807) is 0 Å². The number of carboxylic acid groups (broad SMARTS) is 1. The first-order valence-electron chi connectivity index (χ1n) is 5.40. The summed E-state index contributed by atoms with van der Waals surface area (Å²) in [5.41, 5.74) is 0. The quantitative estimate of drug-likeness (QED) is 0.637. The predicted octanol–water partition coefficient (Wildman–Crippen LogP) is 0.0159. The van der Waals surface area contributed by atoms with Gasteiger partial charge in [-0.15, -0.1) is 0 Å². The number of hydrogen-bond acceptors (Lipinski definition) is 3. The predicted molar refractivity (Wildman–Crippen MR) is 57.1 cm³/mol. The second kappa shape index (κ2) is 5.69. The summed E-state index contributed by atoms with van der Waals surface area (Å²) in [6.07, 6.45) is 2.60. The molecule has 2 amide bonds. The summed E-state index contributed by atoms with van der Waals surface area (Å²) in [7, 11) is 1.45. The second-order valence-corrected chi connectivity index (χ2v) is 4.20. The van der Waals surface area contributed by atoms with Gasteiger partial charge in [0.2, 0.25) is 0 Å². The molecule has 0 unspecified atom stereocenters. The van der Waals surface area contributed by atoms with E-state index in [0.717, 1.165) is 17.7 Å². The molecule has 0 heterocycles. The Kier molecular flexibility index (Phi) is 4.54. The highest BCUT2D eigenvalue weighted by Gasteiger charge is 2.22. The average molecular weight is 230 g/mol. The zero-order chi connectivity index (χ0) is 12.1. The van der Waals surface area contributed by atoms with Gasteiger partial charge in [0.15, 0.2) is 0 Å². The Balaban J connectivity index is 2.31. The van der Waals surface area contributed by atoms with Gasteiger partial charge >= 0.3 is 12.0 Å². The molecule has 0 radical (unpaired) electrons. The van der Waals surface area contributed by atoms with Crippen LogP contribution in [0.4, 0.5) is 4.79 Å². The third-order valence-corrected chi connectivity index (χ3v) is 2.74. The van der Waals surface area contributed by atoms with Crippen LogP contribution in [0.1, 0.15) is 25.7 Å². The zero-order valence-corrected chi connectivity index (χ0v) is 9.35. The van der Waals surface area contributed by atoms with Crippen molar-refractivity contribution in [1.82, 2.24) is 10.2 Å². The number of aliphatic hydroxyl groups is 1. The molecule has 0 aromatic heterocycles. The van der Waals surface area contributed by atoms with Crippen molar-refractivity contribution >= 4 is 12.0 Å². The fourth-order valence-corrected chi connectivity index (χ4v) is 1.78. The molecule has 0 spiro atoms. The molecule has 1 aliphatic carbocycles. The average Bonchev–Trinajstić information content (AvgIpc) is 2.20. The number of aliphatic carboxylic acids is 1. The van der Waals surface area contributed by atoms with Crippen LogP contribution in [0.15, 0.2) is 0 Å². The lowest BCUT2D eigenvalue weighted by Gasteiger charge is -2.27. The van der Waals surface area contributed by atoms with Crippen molar-refractivity contribution in [2.24, 2.45) is 0 Å². The van der Waals surface area contributed by atoms with Crippen molar-refractivity contribution in [2.45, 2.75) is 37.8 Å². The molecule has 0 saturated heterocycles. The van der Waals surface area contributed by atoms with Crippen molar-refractivity contribution in [3.63, 3.8) is 0 Å². The topological polar surface area (TPSA) is 89.9 Å². The molecule has 1 saturated carbocycles. The van der Waals surface area contributed by atoms with Crippen molar-refractivity contribution in [1.29, 1.82) is 0 Å². The molecule has 1 rings (SSSR count). The van der Waals surface area contributed by atoms with Gasteiger partial charge in [-0.05, 0) is 25.7 Å². The van der Waals surface area contributed by atoms with Crippen LogP contribution in [0.3, 0.4) is 0 Å². The Morgan fingerprint density at radius 2 is 1.88 bits per heavy atom. The van der Waals surface area contributed by atoms with Crippen molar-refractivity contribution in [3.05, 3.63) is 0 Å². The third kappa shape index (κ3) is 4.06. The van der Waals surface area contributed by atoms with Gasteiger partial charge in [0, 0.05) is 13.1 Å². The van der Waals surface area contributed by atoms with Gasteiger partial charge < -0.3 is 20.4 Å². The van der Waals surface area contributed by atoms with Crippen molar-refractivity contribution < 1.29 is 19.8 Å². The Hall–Kier alpha value is -1.30. The van der Waals surface area contributed by atoms with Crippen LogP contribution >= 0.6 is 0 Å². The molecule has 0 aromatic carbocycles. The molecule has 3 N–H and O–H groups in total. The summed E-state index contributed by atoms with van der Waals surface area (Å²) in [6, 6.07) is -0.323. The molecule has 16 heavy (non-hydrogen) atoms. The van der Waals surface area contributed by atoms with Gasteiger partial charge in [-0.3, -0.25) is 4.79 Å². The molecule has 0 atom stereocenters. The number of carboxylic acids is 1. The van der Waals surface area contributed by atoms with Crippen LogP contribution in [0.25, 0.3) is 0 Å². The SMILES string of the molecule is CN(CC(=O)O)C(=O)NC1CCC(O)CC1. The first-order chi connectivity index (χ1) is 7.49. The van der Waals surface area contributed by atoms with Gasteiger partial charge in [0.05, 0.1) is 6.10 Å². The number of nitrogens with one attached hydrogen (secondary N) is 1. The Morgan fingerprint density at radius 1 is 1.31 bits per heavy atom. The maximum Gasteiger partial charge on any atom is 0.323 e. The van der Waals surface area contributed by atoms with E-state index >= 15 is 0 Å². The van der Waals surface area contributed by atoms with Gasteiger partial charge in [-0.2, -0.15) is 0 Å². The molecule has 1 aliphatic rings. The number of nitrogens with zero attached hydrogens (tertiary/aromatic N) is 1. The van der Waals surface area contributed by atoms with Crippen LogP contribution < -0.4 is 5.32 Å². The summed E-state index contributed by atoms with van der Waals surface area (Å²) in [5.74, 6) is -1.03. The highest BCUT2D eigenvalue weighted by Crippen LogP contribution is 2.18. The molecule has 0 aliphatic heterocycles. The van der Waals surface area contributed by atoms with Gasteiger partial charge in [-0.25, -0.2) is 4.79 Å². The lowest BCUT2D eigenvalue weighted by molar-refractivity contribution is -0.137. The molecule has 0 aromatic rings. The van der Waals surface area contributed by atoms with Crippen LogP contribution in [-0.4, -0.2) is 52.9 Å². The number of carbonyl (C=O) groups is 2. The number of rotatable bonds is 3. The number of urea groups is 1. The zero-order valence-electron chi connectivity index (χ0n) is 9.35. The lowest BCUT2D eigenvalue weighted by Crippen LogP contribution is -2.46. The molecule has 92 valence electrons. The first kappa shape index (κ1) is 12.8. The second-order valence-electron chi connectivity index (χ2n) is 4.20. The van der Waals surface area contributed by atoms with Gasteiger partial charge in [0.25, 0.3) is 0 Å². The monoisotopic (exact) mass is 230 g/mol.